The van der Waals surface area contributed by atoms with Gasteiger partial charge in [0.1, 0.15) is 5.69 Å². The fraction of sp³-hybridized carbons (Fsp3) is 0.350. The van der Waals surface area contributed by atoms with E-state index in [4.69, 9.17) is 0 Å². The maximum absolute atomic E-state index is 12.5. The third-order valence-corrected chi connectivity index (χ3v) is 4.59. The van der Waals surface area contributed by atoms with E-state index in [9.17, 15) is 9.59 Å². The van der Waals surface area contributed by atoms with Crippen LogP contribution in [0.25, 0.3) is 0 Å². The molecule has 25 heavy (non-hydrogen) atoms. The number of nitrogens with zero attached hydrogens (tertiary/aromatic N) is 1. The maximum atomic E-state index is 12.5. The van der Waals surface area contributed by atoms with Crippen LogP contribution in [0.5, 0.6) is 0 Å². The summed E-state index contributed by atoms with van der Waals surface area (Å²) in [6, 6.07) is 9.29. The molecule has 1 heterocycles. The number of benzene rings is 1. The Hall–Kier alpha value is -2.69. The number of hydrogen-bond acceptors (Lipinski definition) is 3. The normalized spacial score (nSPS) is 14.3. The van der Waals surface area contributed by atoms with Gasteiger partial charge in [0.25, 0.3) is 11.8 Å². The molecule has 5 nitrogen and oxygen atoms in total. The molecule has 2 aromatic rings. The Kier molecular flexibility index (Phi) is 5.12. The highest BCUT2D eigenvalue weighted by Gasteiger charge is 2.19. The molecule has 1 aromatic heterocycles. The minimum atomic E-state index is -0.244. The van der Waals surface area contributed by atoms with E-state index in [1.54, 1.807) is 12.1 Å². The zero-order chi connectivity index (χ0) is 17.8. The Morgan fingerprint density at radius 2 is 1.80 bits per heavy atom. The third-order valence-electron chi connectivity index (χ3n) is 4.59. The van der Waals surface area contributed by atoms with Gasteiger partial charge in [0.05, 0.1) is 0 Å². The van der Waals surface area contributed by atoms with E-state index in [1.807, 2.05) is 32.0 Å². The molecule has 2 amide bonds. The summed E-state index contributed by atoms with van der Waals surface area (Å²) in [5, 5.41) is 5.90. The first kappa shape index (κ1) is 17.1. The summed E-state index contributed by atoms with van der Waals surface area (Å²) in [5.74, 6) is -0.459. The second-order valence-electron chi connectivity index (χ2n) is 6.66. The SMILES string of the molecule is Cc1ccc(C)c(NC(=O)c2ccnc(C(=O)NC3CCCC3)c2)c1. The van der Waals surface area contributed by atoms with E-state index < -0.39 is 0 Å². The van der Waals surface area contributed by atoms with E-state index in [0.717, 1.165) is 42.5 Å². The minimum absolute atomic E-state index is 0.215. The Balaban J connectivity index is 1.72. The molecular formula is C20H23N3O2. The van der Waals surface area contributed by atoms with Gasteiger partial charge in [-0.25, -0.2) is 0 Å². The number of aromatic nitrogens is 1. The van der Waals surface area contributed by atoms with Gasteiger partial charge < -0.3 is 10.6 Å². The number of nitrogens with one attached hydrogen (secondary N) is 2. The summed E-state index contributed by atoms with van der Waals surface area (Å²) in [6.07, 6.45) is 5.83. The van der Waals surface area contributed by atoms with Crippen molar-refractivity contribution < 1.29 is 9.59 Å². The first-order chi connectivity index (χ1) is 12.0. The van der Waals surface area contributed by atoms with Crippen LogP contribution in [0, 0.1) is 13.8 Å². The molecule has 0 radical (unpaired) electrons. The fourth-order valence-electron chi connectivity index (χ4n) is 3.09. The molecule has 1 aromatic carbocycles. The average Bonchev–Trinajstić information content (AvgIpc) is 3.11. The lowest BCUT2D eigenvalue weighted by molar-refractivity contribution is 0.0933. The lowest BCUT2D eigenvalue weighted by atomic mass is 10.1. The Bertz CT molecular complexity index is 795. The highest BCUT2D eigenvalue weighted by molar-refractivity contribution is 6.06. The second-order valence-corrected chi connectivity index (χ2v) is 6.66. The van der Waals surface area contributed by atoms with Crippen LogP contribution in [0.2, 0.25) is 0 Å². The van der Waals surface area contributed by atoms with Gasteiger partial charge in [-0.1, -0.05) is 25.0 Å². The number of anilines is 1. The van der Waals surface area contributed by atoms with Crippen LogP contribution in [0.3, 0.4) is 0 Å². The molecule has 2 N–H and O–H groups in total. The zero-order valence-corrected chi connectivity index (χ0v) is 14.6. The van der Waals surface area contributed by atoms with Crippen molar-refractivity contribution in [3.63, 3.8) is 0 Å². The number of aryl methyl sites for hydroxylation is 2. The number of rotatable bonds is 4. The highest BCUT2D eigenvalue weighted by atomic mass is 16.2. The molecule has 1 saturated carbocycles. The lowest BCUT2D eigenvalue weighted by Gasteiger charge is -2.12. The molecule has 0 aliphatic heterocycles. The molecule has 5 heteroatoms. The number of carbonyl (C=O) groups excluding carboxylic acids is 2. The monoisotopic (exact) mass is 337 g/mol. The average molecular weight is 337 g/mol. The lowest BCUT2D eigenvalue weighted by Crippen LogP contribution is -2.33. The number of hydrogen-bond donors (Lipinski definition) is 2. The standard InChI is InChI=1S/C20H23N3O2/c1-13-7-8-14(2)17(11-13)23-19(24)15-9-10-21-18(12-15)20(25)22-16-5-3-4-6-16/h7-12,16H,3-6H2,1-2H3,(H,22,25)(H,23,24). The minimum Gasteiger partial charge on any atom is -0.348 e. The van der Waals surface area contributed by atoms with Crippen molar-refractivity contribution >= 4 is 17.5 Å². The Morgan fingerprint density at radius 1 is 1.04 bits per heavy atom. The van der Waals surface area contributed by atoms with Gasteiger partial charge in [-0.2, -0.15) is 0 Å². The van der Waals surface area contributed by atoms with Crippen molar-refractivity contribution in [2.75, 3.05) is 5.32 Å². The van der Waals surface area contributed by atoms with Crippen molar-refractivity contribution in [3.05, 3.63) is 58.9 Å². The van der Waals surface area contributed by atoms with Crippen molar-refractivity contribution in [2.24, 2.45) is 0 Å². The predicted octanol–water partition coefficient (Wildman–Crippen LogP) is 3.62. The van der Waals surface area contributed by atoms with Crippen LogP contribution < -0.4 is 10.6 Å². The van der Waals surface area contributed by atoms with Gasteiger partial charge in [0.15, 0.2) is 0 Å². The first-order valence-electron chi connectivity index (χ1n) is 8.68. The van der Waals surface area contributed by atoms with E-state index in [2.05, 4.69) is 15.6 Å². The summed E-state index contributed by atoms with van der Waals surface area (Å²) in [6.45, 7) is 3.93. The summed E-state index contributed by atoms with van der Waals surface area (Å²) >= 11 is 0. The fourth-order valence-corrected chi connectivity index (χ4v) is 3.09. The number of pyridine rings is 1. The van der Waals surface area contributed by atoms with Crippen LogP contribution in [0.15, 0.2) is 36.5 Å². The van der Waals surface area contributed by atoms with Crippen LogP contribution in [-0.2, 0) is 0 Å². The van der Waals surface area contributed by atoms with Gasteiger partial charge in [-0.3, -0.25) is 14.6 Å². The summed E-state index contributed by atoms with van der Waals surface area (Å²) in [7, 11) is 0. The molecule has 0 unspecified atom stereocenters. The number of amides is 2. The van der Waals surface area contributed by atoms with Crippen molar-refractivity contribution in [1.29, 1.82) is 0 Å². The van der Waals surface area contributed by atoms with E-state index >= 15 is 0 Å². The summed E-state index contributed by atoms with van der Waals surface area (Å²) in [5.41, 5.74) is 3.55. The maximum Gasteiger partial charge on any atom is 0.270 e. The van der Waals surface area contributed by atoms with Crippen LogP contribution in [0.4, 0.5) is 5.69 Å². The highest BCUT2D eigenvalue weighted by Crippen LogP contribution is 2.19. The molecule has 0 bridgehead atoms. The topological polar surface area (TPSA) is 71.1 Å². The van der Waals surface area contributed by atoms with Crippen LogP contribution in [0.1, 0.15) is 57.7 Å². The molecule has 3 rings (SSSR count). The molecule has 1 aliphatic carbocycles. The van der Waals surface area contributed by atoms with Crippen LogP contribution in [-0.4, -0.2) is 22.8 Å². The zero-order valence-electron chi connectivity index (χ0n) is 14.6. The Morgan fingerprint density at radius 3 is 2.56 bits per heavy atom. The van der Waals surface area contributed by atoms with E-state index in [-0.39, 0.29) is 23.6 Å². The second kappa shape index (κ2) is 7.47. The largest absolute Gasteiger partial charge is 0.348 e. The van der Waals surface area contributed by atoms with Gasteiger partial charge in [0.2, 0.25) is 0 Å². The summed E-state index contributed by atoms with van der Waals surface area (Å²) in [4.78, 5) is 29.0. The molecule has 0 saturated heterocycles. The molecule has 0 spiro atoms. The van der Waals surface area contributed by atoms with Gasteiger partial charge in [0, 0.05) is 23.5 Å². The van der Waals surface area contributed by atoms with Crippen molar-refractivity contribution in [3.8, 4) is 0 Å². The quantitative estimate of drug-likeness (QED) is 0.895. The molecule has 1 aliphatic rings. The molecule has 130 valence electrons. The number of carbonyl (C=O) groups is 2. The van der Waals surface area contributed by atoms with E-state index in [0.29, 0.717) is 5.56 Å². The van der Waals surface area contributed by atoms with Crippen LogP contribution >= 0.6 is 0 Å². The van der Waals surface area contributed by atoms with Crippen molar-refractivity contribution in [2.45, 2.75) is 45.6 Å². The molecular weight excluding hydrogens is 314 g/mol. The predicted molar refractivity (Wildman–Crippen MR) is 97.8 cm³/mol. The Labute approximate surface area is 147 Å². The van der Waals surface area contributed by atoms with Gasteiger partial charge in [-0.15, -0.1) is 0 Å². The first-order valence-corrected chi connectivity index (χ1v) is 8.68. The van der Waals surface area contributed by atoms with Gasteiger partial charge in [-0.05, 0) is 56.0 Å². The molecule has 1 fully saturated rings. The van der Waals surface area contributed by atoms with E-state index in [1.165, 1.54) is 6.20 Å². The smallest absolute Gasteiger partial charge is 0.270 e. The summed E-state index contributed by atoms with van der Waals surface area (Å²) < 4.78 is 0. The molecule has 0 atom stereocenters. The van der Waals surface area contributed by atoms with Crippen molar-refractivity contribution in [1.82, 2.24) is 10.3 Å². The van der Waals surface area contributed by atoms with Gasteiger partial charge >= 0.3 is 0 Å². The third kappa shape index (κ3) is 4.24.